The summed E-state index contributed by atoms with van der Waals surface area (Å²) in [5.41, 5.74) is 0.660. The number of benzene rings is 1. The standard InChI is InChI=1S/C14H20ClNO3S/c1-19-11-12-6-8-16(9-7-12)20(17,18)14-5-3-2-4-13(14)10-15/h2-5,12H,6-11H2,1H3. The first-order valence-corrected chi connectivity index (χ1v) is 8.70. The molecule has 0 unspecified atom stereocenters. The zero-order chi connectivity index (χ0) is 14.6. The summed E-state index contributed by atoms with van der Waals surface area (Å²) in [6.45, 7) is 1.80. The molecular weight excluding hydrogens is 298 g/mol. The molecule has 1 aromatic carbocycles. The van der Waals surface area contributed by atoms with Crippen LogP contribution in [0.2, 0.25) is 0 Å². The number of piperidine rings is 1. The Morgan fingerprint density at radius 1 is 1.30 bits per heavy atom. The van der Waals surface area contributed by atoms with Crippen LogP contribution in [0.25, 0.3) is 0 Å². The van der Waals surface area contributed by atoms with Gasteiger partial charge in [0, 0.05) is 32.7 Å². The van der Waals surface area contributed by atoms with Gasteiger partial charge in [-0.05, 0) is 30.4 Å². The number of rotatable bonds is 5. The van der Waals surface area contributed by atoms with Crippen LogP contribution in [0.1, 0.15) is 18.4 Å². The summed E-state index contributed by atoms with van der Waals surface area (Å²) in [7, 11) is -1.75. The van der Waals surface area contributed by atoms with Crippen molar-refractivity contribution in [3.05, 3.63) is 29.8 Å². The van der Waals surface area contributed by atoms with Gasteiger partial charge in [0.2, 0.25) is 10.0 Å². The molecule has 0 N–H and O–H groups in total. The summed E-state index contributed by atoms with van der Waals surface area (Å²) in [6, 6.07) is 6.94. The minimum atomic E-state index is -3.44. The number of hydrogen-bond acceptors (Lipinski definition) is 3. The molecular formula is C14H20ClNO3S. The predicted molar refractivity (Wildman–Crippen MR) is 79.4 cm³/mol. The van der Waals surface area contributed by atoms with Gasteiger partial charge in [0.1, 0.15) is 0 Å². The van der Waals surface area contributed by atoms with Crippen molar-refractivity contribution in [2.45, 2.75) is 23.6 Å². The van der Waals surface area contributed by atoms with Crippen LogP contribution in [0.3, 0.4) is 0 Å². The molecule has 0 aliphatic carbocycles. The van der Waals surface area contributed by atoms with Crippen molar-refractivity contribution >= 4 is 21.6 Å². The Morgan fingerprint density at radius 2 is 1.95 bits per heavy atom. The average molecular weight is 318 g/mol. The second kappa shape index (κ2) is 6.89. The van der Waals surface area contributed by atoms with Crippen LogP contribution in [-0.2, 0) is 20.6 Å². The van der Waals surface area contributed by atoms with Crippen LogP contribution in [-0.4, -0.2) is 39.5 Å². The molecule has 1 fully saturated rings. The van der Waals surface area contributed by atoms with Crippen molar-refractivity contribution in [1.82, 2.24) is 4.31 Å². The molecule has 0 radical (unpaired) electrons. The highest BCUT2D eigenvalue weighted by molar-refractivity contribution is 7.89. The summed E-state index contributed by atoms with van der Waals surface area (Å²) in [6.07, 6.45) is 1.69. The first-order valence-electron chi connectivity index (χ1n) is 6.72. The predicted octanol–water partition coefficient (Wildman–Crippen LogP) is 2.47. The van der Waals surface area contributed by atoms with Crippen LogP contribution in [0, 0.1) is 5.92 Å². The Labute approximate surface area is 125 Å². The highest BCUT2D eigenvalue weighted by atomic mass is 35.5. The van der Waals surface area contributed by atoms with Gasteiger partial charge in [0.25, 0.3) is 0 Å². The first kappa shape index (κ1) is 15.8. The molecule has 1 heterocycles. The number of ether oxygens (including phenoxy) is 1. The van der Waals surface area contributed by atoms with Gasteiger partial charge < -0.3 is 4.74 Å². The largest absolute Gasteiger partial charge is 0.384 e. The zero-order valence-corrected chi connectivity index (χ0v) is 13.2. The quantitative estimate of drug-likeness (QED) is 0.784. The molecule has 0 atom stereocenters. The molecule has 2 rings (SSSR count). The Hall–Kier alpha value is -0.620. The number of nitrogens with zero attached hydrogens (tertiary/aromatic N) is 1. The van der Waals surface area contributed by atoms with Crippen LogP contribution in [0.15, 0.2) is 29.2 Å². The first-order chi connectivity index (χ1) is 9.59. The van der Waals surface area contributed by atoms with Gasteiger partial charge in [0.05, 0.1) is 4.90 Å². The van der Waals surface area contributed by atoms with E-state index in [1.54, 1.807) is 29.6 Å². The van der Waals surface area contributed by atoms with E-state index in [-0.39, 0.29) is 5.88 Å². The van der Waals surface area contributed by atoms with E-state index in [0.717, 1.165) is 12.8 Å². The summed E-state index contributed by atoms with van der Waals surface area (Å²) in [5, 5.41) is 0. The van der Waals surface area contributed by atoms with E-state index in [1.165, 1.54) is 0 Å². The van der Waals surface area contributed by atoms with Crippen LogP contribution in [0.4, 0.5) is 0 Å². The molecule has 0 aromatic heterocycles. The normalized spacial score (nSPS) is 18.3. The molecule has 1 saturated heterocycles. The minimum absolute atomic E-state index is 0.204. The Kier molecular flexibility index (Phi) is 5.43. The summed E-state index contributed by atoms with van der Waals surface area (Å²) in [5.74, 6) is 0.657. The average Bonchev–Trinajstić information content (AvgIpc) is 2.48. The number of halogens is 1. The van der Waals surface area contributed by atoms with E-state index in [4.69, 9.17) is 16.3 Å². The summed E-state index contributed by atoms with van der Waals surface area (Å²) in [4.78, 5) is 0.334. The van der Waals surface area contributed by atoms with E-state index < -0.39 is 10.0 Å². The molecule has 6 heteroatoms. The van der Waals surface area contributed by atoms with Crippen molar-refractivity contribution in [3.8, 4) is 0 Å². The second-order valence-electron chi connectivity index (χ2n) is 5.04. The van der Waals surface area contributed by atoms with Gasteiger partial charge in [-0.15, -0.1) is 11.6 Å². The number of hydrogen-bond donors (Lipinski definition) is 0. The third-order valence-electron chi connectivity index (χ3n) is 3.71. The van der Waals surface area contributed by atoms with Gasteiger partial charge >= 0.3 is 0 Å². The maximum Gasteiger partial charge on any atom is 0.243 e. The Balaban J connectivity index is 2.16. The van der Waals surface area contributed by atoms with Crippen molar-refractivity contribution < 1.29 is 13.2 Å². The topological polar surface area (TPSA) is 46.6 Å². The third kappa shape index (κ3) is 3.34. The molecule has 1 aromatic rings. The molecule has 0 saturated carbocycles. The lowest BCUT2D eigenvalue weighted by molar-refractivity contribution is 0.121. The number of alkyl halides is 1. The molecule has 1 aliphatic rings. The van der Waals surface area contributed by atoms with Crippen molar-refractivity contribution in [2.24, 2.45) is 5.92 Å². The highest BCUT2D eigenvalue weighted by Gasteiger charge is 2.30. The smallest absolute Gasteiger partial charge is 0.243 e. The fraction of sp³-hybridized carbons (Fsp3) is 0.571. The lowest BCUT2D eigenvalue weighted by Gasteiger charge is -2.31. The Morgan fingerprint density at radius 3 is 2.55 bits per heavy atom. The SMILES string of the molecule is COCC1CCN(S(=O)(=O)c2ccccc2CCl)CC1. The fourth-order valence-corrected chi connectivity index (χ4v) is 4.56. The molecule has 20 heavy (non-hydrogen) atoms. The maximum atomic E-state index is 12.7. The van der Waals surface area contributed by atoms with E-state index >= 15 is 0 Å². The Bertz CT molecular complexity index is 539. The van der Waals surface area contributed by atoms with E-state index in [2.05, 4.69) is 0 Å². The lowest BCUT2D eigenvalue weighted by Crippen LogP contribution is -2.39. The van der Waals surface area contributed by atoms with E-state index in [1.807, 2.05) is 6.07 Å². The number of methoxy groups -OCH3 is 1. The molecule has 0 bridgehead atoms. The maximum absolute atomic E-state index is 12.7. The third-order valence-corrected chi connectivity index (χ3v) is 6.00. The van der Waals surface area contributed by atoms with Gasteiger partial charge in [-0.25, -0.2) is 8.42 Å². The lowest BCUT2D eigenvalue weighted by atomic mass is 9.99. The molecule has 0 spiro atoms. The summed E-state index contributed by atoms with van der Waals surface area (Å²) < 4.78 is 32.0. The van der Waals surface area contributed by atoms with Crippen molar-refractivity contribution in [2.75, 3.05) is 26.8 Å². The minimum Gasteiger partial charge on any atom is -0.384 e. The summed E-state index contributed by atoms with van der Waals surface area (Å²) >= 11 is 5.84. The van der Waals surface area contributed by atoms with E-state index in [0.29, 0.717) is 36.1 Å². The molecule has 4 nitrogen and oxygen atoms in total. The molecule has 112 valence electrons. The zero-order valence-electron chi connectivity index (χ0n) is 11.6. The van der Waals surface area contributed by atoms with Crippen LogP contribution >= 0.6 is 11.6 Å². The van der Waals surface area contributed by atoms with E-state index in [9.17, 15) is 8.42 Å². The van der Waals surface area contributed by atoms with Crippen molar-refractivity contribution in [1.29, 1.82) is 0 Å². The highest BCUT2D eigenvalue weighted by Crippen LogP contribution is 2.26. The monoisotopic (exact) mass is 317 g/mol. The number of sulfonamides is 1. The van der Waals surface area contributed by atoms with Gasteiger partial charge in [-0.1, -0.05) is 18.2 Å². The molecule has 1 aliphatic heterocycles. The molecule has 0 amide bonds. The van der Waals surface area contributed by atoms with Gasteiger partial charge in [0.15, 0.2) is 0 Å². The second-order valence-corrected chi connectivity index (χ2v) is 7.22. The van der Waals surface area contributed by atoms with Gasteiger partial charge in [-0.2, -0.15) is 4.31 Å². The van der Waals surface area contributed by atoms with Gasteiger partial charge in [-0.3, -0.25) is 0 Å². The van der Waals surface area contributed by atoms with Crippen molar-refractivity contribution in [3.63, 3.8) is 0 Å². The fourth-order valence-electron chi connectivity index (χ4n) is 2.56. The van der Waals surface area contributed by atoms with Crippen LogP contribution < -0.4 is 0 Å². The van der Waals surface area contributed by atoms with Crippen LogP contribution in [0.5, 0.6) is 0 Å².